The number of rotatable bonds is 0. The van der Waals surface area contributed by atoms with Gasteiger partial charge in [0.05, 0.1) is 15.8 Å². The van der Waals surface area contributed by atoms with E-state index < -0.39 is 26.6 Å². The minimum atomic E-state index is -2.42. The van der Waals surface area contributed by atoms with Gasteiger partial charge in [0.2, 0.25) is 20.6 Å². The molecule has 0 heterocycles. The Morgan fingerprint density at radius 1 is 1.23 bits per heavy atom. The lowest BCUT2D eigenvalue weighted by Gasteiger charge is -2.11. The van der Waals surface area contributed by atoms with Crippen LogP contribution in [0.15, 0.2) is 12.2 Å². The van der Waals surface area contributed by atoms with Crippen molar-refractivity contribution in [3.63, 3.8) is 0 Å². The number of nitrogens with two attached hydrogens (primary N) is 1. The molecule has 0 aromatic rings. The fourth-order valence-electron chi connectivity index (χ4n) is 0.951. The summed E-state index contributed by atoms with van der Waals surface area (Å²) >= 11 is 0. The van der Waals surface area contributed by atoms with Crippen LogP contribution in [-0.2, 0) is 20.6 Å². The van der Waals surface area contributed by atoms with Crippen molar-refractivity contribution < 1.29 is 16.8 Å². The first-order valence-corrected chi connectivity index (χ1v) is 5.51. The molecule has 72 valence electrons. The van der Waals surface area contributed by atoms with Gasteiger partial charge in [-0.1, -0.05) is 6.08 Å². The van der Waals surface area contributed by atoms with Gasteiger partial charge in [-0.3, -0.25) is 0 Å². The fourth-order valence-corrected chi connectivity index (χ4v) is 2.08. The maximum Gasteiger partial charge on any atom is 0.217 e. The van der Waals surface area contributed by atoms with E-state index in [9.17, 15) is 16.8 Å². The molecule has 0 spiro atoms. The van der Waals surface area contributed by atoms with Crippen LogP contribution in [0.4, 0.5) is 0 Å². The third-order valence-corrected chi connectivity index (χ3v) is 3.19. The molecule has 1 aliphatic carbocycles. The lowest BCUT2D eigenvalue weighted by atomic mass is 10.0. The van der Waals surface area contributed by atoms with Gasteiger partial charge in [0.15, 0.2) is 0 Å². The van der Waals surface area contributed by atoms with Gasteiger partial charge in [0, 0.05) is 6.42 Å². The van der Waals surface area contributed by atoms with Crippen molar-refractivity contribution in [2.24, 2.45) is 5.73 Å². The monoisotopic (exact) mass is 221 g/mol. The van der Waals surface area contributed by atoms with Gasteiger partial charge in [-0.05, 0) is 6.08 Å². The molecule has 5 nitrogen and oxygen atoms in total. The third-order valence-electron chi connectivity index (χ3n) is 1.64. The summed E-state index contributed by atoms with van der Waals surface area (Å²) in [5, 5.41) is 0. The molecule has 0 saturated carbocycles. The first-order chi connectivity index (χ1) is 6.02. The molecule has 0 bridgehead atoms. The Hall–Kier alpha value is -0.920. The van der Waals surface area contributed by atoms with E-state index in [0.717, 1.165) is 0 Å². The van der Waals surface area contributed by atoms with E-state index in [2.05, 4.69) is 0 Å². The Bertz CT molecular complexity index is 493. The first-order valence-electron chi connectivity index (χ1n) is 3.36. The van der Waals surface area contributed by atoms with Gasteiger partial charge in [0.25, 0.3) is 0 Å². The molecular weight excluding hydrogens is 214 g/mol. The molecule has 0 saturated heterocycles. The summed E-state index contributed by atoms with van der Waals surface area (Å²) < 4.78 is 42.1. The van der Waals surface area contributed by atoms with Gasteiger partial charge in [0.1, 0.15) is 0 Å². The van der Waals surface area contributed by atoms with Crippen molar-refractivity contribution in [3.8, 4) is 0 Å². The average Bonchev–Trinajstić information content (AvgIpc) is 2.04. The van der Waals surface area contributed by atoms with Crippen LogP contribution in [0, 0.1) is 0 Å². The van der Waals surface area contributed by atoms with Crippen molar-refractivity contribution in [2.75, 3.05) is 0 Å². The van der Waals surface area contributed by atoms with Crippen LogP contribution >= 0.6 is 0 Å². The summed E-state index contributed by atoms with van der Waals surface area (Å²) in [6.45, 7) is 0. The fraction of sp³-hybridized carbons (Fsp3) is 0.333. The molecule has 0 aromatic carbocycles. The van der Waals surface area contributed by atoms with E-state index in [1.807, 2.05) is 0 Å². The summed E-state index contributed by atoms with van der Waals surface area (Å²) in [7, 11) is -4.80. The van der Waals surface area contributed by atoms with Crippen LogP contribution in [0.25, 0.3) is 0 Å². The molecule has 2 N–H and O–H groups in total. The second-order valence-corrected chi connectivity index (χ2v) is 4.45. The molecule has 0 amide bonds. The SMILES string of the molecule is NC1C=CC(=S(=O)=O)CC1=S(=O)=O. The van der Waals surface area contributed by atoms with Crippen LogP contribution < -0.4 is 5.73 Å². The number of hydrogen-bond acceptors (Lipinski definition) is 5. The Balaban J connectivity index is 3.35. The predicted molar refractivity (Wildman–Crippen MR) is 49.6 cm³/mol. The zero-order valence-electron chi connectivity index (χ0n) is 6.47. The van der Waals surface area contributed by atoms with Crippen LogP contribution in [0.5, 0.6) is 0 Å². The Labute approximate surface area is 77.9 Å². The maximum atomic E-state index is 10.6. The van der Waals surface area contributed by atoms with Crippen molar-refractivity contribution in [1.82, 2.24) is 0 Å². The van der Waals surface area contributed by atoms with E-state index in [1.54, 1.807) is 0 Å². The van der Waals surface area contributed by atoms with Crippen LogP contribution in [-0.4, -0.2) is 32.6 Å². The van der Waals surface area contributed by atoms with Crippen molar-refractivity contribution >= 4 is 30.3 Å². The molecule has 13 heavy (non-hydrogen) atoms. The lowest BCUT2D eigenvalue weighted by molar-refractivity contribution is 0.625. The predicted octanol–water partition coefficient (Wildman–Crippen LogP) is -1.62. The molecule has 0 radical (unpaired) electrons. The molecule has 0 aromatic heterocycles. The Morgan fingerprint density at radius 2 is 1.85 bits per heavy atom. The zero-order chi connectivity index (χ0) is 10.0. The number of allylic oxidation sites excluding steroid dienone is 1. The van der Waals surface area contributed by atoms with E-state index in [4.69, 9.17) is 5.73 Å². The molecule has 0 fully saturated rings. The highest BCUT2D eigenvalue weighted by molar-refractivity contribution is 7.75. The molecule has 1 rings (SSSR count). The minimum Gasteiger partial charge on any atom is -0.320 e. The van der Waals surface area contributed by atoms with E-state index in [1.165, 1.54) is 12.2 Å². The quantitative estimate of drug-likeness (QED) is 0.496. The van der Waals surface area contributed by atoms with Crippen LogP contribution in [0.2, 0.25) is 0 Å². The highest BCUT2D eigenvalue weighted by atomic mass is 32.2. The Morgan fingerprint density at radius 3 is 2.31 bits per heavy atom. The van der Waals surface area contributed by atoms with Crippen molar-refractivity contribution in [2.45, 2.75) is 12.5 Å². The third kappa shape index (κ3) is 2.27. The lowest BCUT2D eigenvalue weighted by Crippen LogP contribution is -2.33. The molecule has 1 atom stereocenters. The standard InChI is InChI=1S/C6H7NO4S2/c7-5-2-1-4(12(8)9)3-6(5)13(10)11/h1-2,5H,3,7H2. The van der Waals surface area contributed by atoms with Crippen molar-refractivity contribution in [3.05, 3.63) is 12.2 Å². The van der Waals surface area contributed by atoms with Gasteiger partial charge >= 0.3 is 0 Å². The highest BCUT2D eigenvalue weighted by Crippen LogP contribution is 2.03. The van der Waals surface area contributed by atoms with Crippen LogP contribution in [0.3, 0.4) is 0 Å². The molecule has 1 aliphatic rings. The van der Waals surface area contributed by atoms with E-state index in [0.29, 0.717) is 0 Å². The van der Waals surface area contributed by atoms with Gasteiger partial charge in [-0.25, -0.2) is 0 Å². The number of hydrogen-bond donors (Lipinski definition) is 1. The average molecular weight is 221 g/mol. The smallest absolute Gasteiger partial charge is 0.217 e. The molecule has 1 unspecified atom stereocenters. The molecule has 7 heteroatoms. The first kappa shape index (κ1) is 10.2. The van der Waals surface area contributed by atoms with Gasteiger partial charge in [-0.2, -0.15) is 16.8 Å². The van der Waals surface area contributed by atoms with Gasteiger partial charge in [-0.15, -0.1) is 0 Å². The van der Waals surface area contributed by atoms with E-state index >= 15 is 0 Å². The summed E-state index contributed by atoms with van der Waals surface area (Å²) in [5.74, 6) is 0. The minimum absolute atomic E-state index is 0.00157. The summed E-state index contributed by atoms with van der Waals surface area (Å²) in [5.41, 5.74) is 5.41. The summed E-state index contributed by atoms with van der Waals surface area (Å²) in [4.78, 5) is 0.0441. The summed E-state index contributed by atoms with van der Waals surface area (Å²) in [6.07, 6.45) is 2.55. The van der Waals surface area contributed by atoms with Crippen LogP contribution in [0.1, 0.15) is 6.42 Å². The largest absolute Gasteiger partial charge is 0.320 e. The van der Waals surface area contributed by atoms with E-state index in [-0.39, 0.29) is 16.1 Å². The maximum absolute atomic E-state index is 10.6. The topological polar surface area (TPSA) is 94.3 Å². The van der Waals surface area contributed by atoms with Gasteiger partial charge < -0.3 is 5.73 Å². The second kappa shape index (κ2) is 3.86. The normalized spacial score (nSPS) is 21.8. The second-order valence-electron chi connectivity index (χ2n) is 2.46. The zero-order valence-corrected chi connectivity index (χ0v) is 8.10. The Kier molecular flexibility index (Phi) is 3.02. The van der Waals surface area contributed by atoms with Crippen molar-refractivity contribution in [1.29, 1.82) is 0 Å². The highest BCUT2D eigenvalue weighted by Gasteiger charge is 2.17. The molecular formula is C6H7NO4S2. The summed E-state index contributed by atoms with van der Waals surface area (Å²) in [6, 6.07) is -0.703. The molecule has 0 aliphatic heterocycles.